The van der Waals surface area contributed by atoms with Crippen LogP contribution in [0.25, 0.3) is 10.1 Å². The van der Waals surface area contributed by atoms with Gasteiger partial charge in [0.25, 0.3) is 5.91 Å². The Morgan fingerprint density at radius 2 is 2.13 bits per heavy atom. The molecular weight excluding hydrogens is 313 g/mol. The van der Waals surface area contributed by atoms with E-state index >= 15 is 0 Å². The van der Waals surface area contributed by atoms with E-state index in [1.165, 1.54) is 23.5 Å². The van der Waals surface area contributed by atoms with E-state index in [-0.39, 0.29) is 11.7 Å². The quantitative estimate of drug-likeness (QED) is 0.797. The maximum Gasteiger partial charge on any atom is 0.261 e. The number of benzene rings is 1. The second kappa shape index (κ2) is 6.34. The van der Waals surface area contributed by atoms with Gasteiger partial charge >= 0.3 is 0 Å². The van der Waals surface area contributed by atoms with Crippen LogP contribution < -0.4 is 10.2 Å². The molecule has 3 aromatic rings. The van der Waals surface area contributed by atoms with E-state index < -0.39 is 0 Å². The van der Waals surface area contributed by atoms with Crippen molar-refractivity contribution < 1.29 is 9.18 Å². The highest BCUT2D eigenvalue weighted by Gasteiger charge is 2.12. The van der Waals surface area contributed by atoms with Crippen LogP contribution in [0.4, 0.5) is 10.2 Å². The smallest absolute Gasteiger partial charge is 0.261 e. The number of amides is 1. The molecule has 1 amide bonds. The molecule has 6 heteroatoms. The van der Waals surface area contributed by atoms with Crippen molar-refractivity contribution in [3.63, 3.8) is 0 Å². The number of carbonyl (C=O) groups excluding carboxylic acids is 1. The molecule has 0 atom stereocenters. The van der Waals surface area contributed by atoms with Gasteiger partial charge in [-0.25, -0.2) is 9.37 Å². The number of hydrogen-bond donors (Lipinski definition) is 1. The fraction of sp³-hybridized carbons (Fsp3) is 0.176. The molecule has 0 radical (unpaired) electrons. The van der Waals surface area contributed by atoms with Gasteiger partial charge in [-0.15, -0.1) is 11.3 Å². The number of nitrogens with one attached hydrogen (secondary N) is 1. The lowest BCUT2D eigenvalue weighted by Gasteiger charge is -2.15. The minimum atomic E-state index is -0.298. The summed E-state index contributed by atoms with van der Waals surface area (Å²) in [7, 11) is 3.82. The largest absolute Gasteiger partial charge is 0.362 e. The summed E-state index contributed by atoms with van der Waals surface area (Å²) in [5.74, 6) is 0.361. The predicted octanol–water partition coefficient (Wildman–Crippen LogP) is 3.43. The minimum Gasteiger partial charge on any atom is -0.362 e. The number of fused-ring (bicyclic) bond motifs is 1. The fourth-order valence-electron chi connectivity index (χ4n) is 2.36. The number of nitrogens with zero attached hydrogens (tertiary/aromatic N) is 2. The van der Waals surface area contributed by atoms with Gasteiger partial charge in [0.1, 0.15) is 11.6 Å². The van der Waals surface area contributed by atoms with Gasteiger partial charge in [0.15, 0.2) is 0 Å². The summed E-state index contributed by atoms with van der Waals surface area (Å²) in [6, 6.07) is 10.0. The van der Waals surface area contributed by atoms with Gasteiger partial charge in [-0.1, -0.05) is 6.07 Å². The van der Waals surface area contributed by atoms with Crippen LogP contribution in [0, 0.1) is 5.82 Å². The maximum absolute atomic E-state index is 13.2. The third-order valence-corrected chi connectivity index (χ3v) is 4.55. The molecule has 3 rings (SSSR count). The SMILES string of the molecule is CN(C)c1ncccc1CNC(=O)c1cc2cc(F)ccc2s1. The van der Waals surface area contributed by atoms with E-state index in [1.54, 1.807) is 18.3 Å². The summed E-state index contributed by atoms with van der Waals surface area (Å²) in [5.41, 5.74) is 0.943. The highest BCUT2D eigenvalue weighted by Crippen LogP contribution is 2.26. The Balaban J connectivity index is 1.76. The number of thiophene rings is 1. The number of anilines is 1. The summed E-state index contributed by atoms with van der Waals surface area (Å²) in [6.45, 7) is 0.392. The maximum atomic E-state index is 13.2. The van der Waals surface area contributed by atoms with E-state index in [2.05, 4.69) is 10.3 Å². The summed E-state index contributed by atoms with van der Waals surface area (Å²) in [6.07, 6.45) is 1.72. The highest BCUT2D eigenvalue weighted by molar-refractivity contribution is 7.20. The Bertz CT molecular complexity index is 860. The predicted molar refractivity (Wildman–Crippen MR) is 91.5 cm³/mol. The molecule has 1 aromatic carbocycles. The molecule has 2 aromatic heterocycles. The van der Waals surface area contributed by atoms with E-state index in [9.17, 15) is 9.18 Å². The first-order valence-corrected chi connectivity index (χ1v) is 7.95. The molecule has 0 unspecified atom stereocenters. The molecule has 2 heterocycles. The normalized spacial score (nSPS) is 10.7. The first-order valence-electron chi connectivity index (χ1n) is 7.13. The Kier molecular flexibility index (Phi) is 4.25. The van der Waals surface area contributed by atoms with Crippen LogP contribution >= 0.6 is 11.3 Å². The van der Waals surface area contributed by atoms with Crippen LogP contribution in [-0.4, -0.2) is 25.0 Å². The van der Waals surface area contributed by atoms with E-state index in [0.717, 1.165) is 21.5 Å². The summed E-state index contributed by atoms with van der Waals surface area (Å²) < 4.78 is 14.1. The van der Waals surface area contributed by atoms with Crippen molar-refractivity contribution in [1.29, 1.82) is 0 Å². The van der Waals surface area contributed by atoms with Crippen molar-refractivity contribution in [2.75, 3.05) is 19.0 Å². The molecule has 0 spiro atoms. The van der Waals surface area contributed by atoms with Crippen molar-refractivity contribution >= 4 is 33.1 Å². The third kappa shape index (κ3) is 3.32. The van der Waals surface area contributed by atoms with E-state index in [4.69, 9.17) is 0 Å². The number of rotatable bonds is 4. The topological polar surface area (TPSA) is 45.2 Å². The number of carbonyl (C=O) groups is 1. The Labute approximate surface area is 137 Å². The summed E-state index contributed by atoms with van der Waals surface area (Å²) in [5, 5.41) is 3.64. The zero-order valence-electron chi connectivity index (χ0n) is 12.8. The first-order chi connectivity index (χ1) is 11.0. The molecular formula is C17H16FN3OS. The number of halogens is 1. The monoisotopic (exact) mass is 329 g/mol. The molecule has 0 fully saturated rings. The molecule has 0 aliphatic heterocycles. The van der Waals surface area contributed by atoms with E-state index in [0.29, 0.717) is 11.4 Å². The zero-order chi connectivity index (χ0) is 16.4. The molecule has 0 bridgehead atoms. The molecule has 4 nitrogen and oxygen atoms in total. The van der Waals surface area contributed by atoms with Crippen molar-refractivity contribution in [2.45, 2.75) is 6.54 Å². The molecule has 0 saturated heterocycles. The Hall–Kier alpha value is -2.47. The summed E-state index contributed by atoms with van der Waals surface area (Å²) in [4.78, 5) is 19.1. The second-order valence-electron chi connectivity index (χ2n) is 5.36. The number of aromatic nitrogens is 1. The fourth-order valence-corrected chi connectivity index (χ4v) is 3.32. The minimum absolute atomic E-state index is 0.167. The lowest BCUT2D eigenvalue weighted by molar-refractivity contribution is 0.0955. The Morgan fingerprint density at radius 1 is 1.30 bits per heavy atom. The van der Waals surface area contributed by atoms with Crippen molar-refractivity contribution in [2.24, 2.45) is 0 Å². The van der Waals surface area contributed by atoms with E-state index in [1.807, 2.05) is 31.1 Å². The van der Waals surface area contributed by atoms with Gasteiger partial charge < -0.3 is 10.2 Å². The first kappa shape index (κ1) is 15.4. The van der Waals surface area contributed by atoms with Gasteiger partial charge in [-0.05, 0) is 35.7 Å². The summed E-state index contributed by atoms with van der Waals surface area (Å²) >= 11 is 1.35. The zero-order valence-corrected chi connectivity index (χ0v) is 13.7. The third-order valence-electron chi connectivity index (χ3n) is 3.43. The van der Waals surface area contributed by atoms with Gasteiger partial charge in [0.05, 0.1) is 4.88 Å². The standard InChI is InChI=1S/C17H16FN3OS/c1-21(2)16-11(4-3-7-19-16)10-20-17(22)15-9-12-8-13(18)5-6-14(12)23-15/h3-9H,10H2,1-2H3,(H,20,22). The van der Waals surface area contributed by atoms with Crippen LogP contribution in [-0.2, 0) is 6.54 Å². The second-order valence-corrected chi connectivity index (χ2v) is 6.44. The van der Waals surface area contributed by atoms with Crippen molar-refractivity contribution in [1.82, 2.24) is 10.3 Å². The molecule has 0 aliphatic carbocycles. The van der Waals surface area contributed by atoms with Gasteiger partial charge in [0.2, 0.25) is 0 Å². The average Bonchev–Trinajstić information content (AvgIpc) is 2.95. The van der Waals surface area contributed by atoms with Crippen LogP contribution in [0.15, 0.2) is 42.6 Å². The molecule has 23 heavy (non-hydrogen) atoms. The van der Waals surface area contributed by atoms with Crippen molar-refractivity contribution in [3.05, 3.63) is 58.9 Å². The van der Waals surface area contributed by atoms with Crippen LogP contribution in [0.3, 0.4) is 0 Å². The van der Waals surface area contributed by atoms with Crippen LogP contribution in [0.2, 0.25) is 0 Å². The average molecular weight is 329 g/mol. The lowest BCUT2D eigenvalue weighted by Crippen LogP contribution is -2.23. The van der Waals surface area contributed by atoms with Gasteiger partial charge in [-0.2, -0.15) is 0 Å². The highest BCUT2D eigenvalue weighted by atomic mass is 32.1. The van der Waals surface area contributed by atoms with Crippen LogP contribution in [0.5, 0.6) is 0 Å². The molecule has 118 valence electrons. The molecule has 1 N–H and O–H groups in total. The molecule has 0 aliphatic rings. The van der Waals surface area contributed by atoms with Crippen molar-refractivity contribution in [3.8, 4) is 0 Å². The Morgan fingerprint density at radius 3 is 2.91 bits per heavy atom. The van der Waals surface area contributed by atoms with Crippen LogP contribution in [0.1, 0.15) is 15.2 Å². The number of hydrogen-bond acceptors (Lipinski definition) is 4. The number of pyridine rings is 1. The van der Waals surface area contributed by atoms with Gasteiger partial charge in [-0.3, -0.25) is 4.79 Å². The van der Waals surface area contributed by atoms with Gasteiger partial charge in [0, 0.05) is 37.1 Å². The lowest BCUT2D eigenvalue weighted by atomic mass is 10.2. The molecule has 0 saturated carbocycles.